The van der Waals surface area contributed by atoms with Gasteiger partial charge in [-0.05, 0) is 25.5 Å². The molecule has 116 valence electrons. The zero-order valence-corrected chi connectivity index (χ0v) is 12.3. The number of benzene rings is 1. The number of alkyl halides is 2. The van der Waals surface area contributed by atoms with Gasteiger partial charge in [0.15, 0.2) is 0 Å². The van der Waals surface area contributed by atoms with Crippen LogP contribution in [0.25, 0.3) is 0 Å². The molecule has 3 N–H and O–H groups in total. The standard InChI is InChI=1S/C13H16F2N2O3S/c1-3-13(2,10(18)19)17-12(20)16-8-6-4-5-7-9(8)21-11(14)15/h4-7,11H,3H2,1-2H3,(H,18,19)(H2,16,17,20). The van der Waals surface area contributed by atoms with E-state index in [0.29, 0.717) is 11.8 Å². The number of carbonyl (C=O) groups is 2. The molecule has 0 aliphatic rings. The van der Waals surface area contributed by atoms with Crippen molar-refractivity contribution in [2.45, 2.75) is 36.5 Å². The van der Waals surface area contributed by atoms with Crippen molar-refractivity contribution in [1.82, 2.24) is 5.32 Å². The van der Waals surface area contributed by atoms with Crippen LogP contribution in [-0.2, 0) is 4.79 Å². The first-order valence-electron chi connectivity index (χ1n) is 6.15. The Morgan fingerprint density at radius 1 is 1.38 bits per heavy atom. The molecule has 21 heavy (non-hydrogen) atoms. The molecule has 1 aromatic rings. The molecule has 0 heterocycles. The highest BCUT2D eigenvalue weighted by Crippen LogP contribution is 2.31. The number of urea groups is 1. The Bertz CT molecular complexity index is 528. The largest absolute Gasteiger partial charge is 0.480 e. The van der Waals surface area contributed by atoms with Gasteiger partial charge in [0.2, 0.25) is 0 Å². The zero-order valence-electron chi connectivity index (χ0n) is 11.5. The smallest absolute Gasteiger partial charge is 0.329 e. The number of hydrogen-bond acceptors (Lipinski definition) is 3. The monoisotopic (exact) mass is 318 g/mol. The Morgan fingerprint density at radius 2 is 2.00 bits per heavy atom. The summed E-state index contributed by atoms with van der Waals surface area (Å²) in [5.41, 5.74) is -1.22. The Hall–Kier alpha value is -1.83. The summed E-state index contributed by atoms with van der Waals surface area (Å²) in [6, 6.07) is 5.31. The molecule has 0 spiro atoms. The average molecular weight is 318 g/mol. The molecule has 1 aromatic carbocycles. The summed E-state index contributed by atoms with van der Waals surface area (Å²) in [5.74, 6) is -3.79. The Labute approximate surface area is 125 Å². The number of carboxylic acids is 1. The highest BCUT2D eigenvalue weighted by atomic mass is 32.2. The van der Waals surface area contributed by atoms with Gasteiger partial charge >= 0.3 is 12.0 Å². The molecule has 1 atom stereocenters. The van der Waals surface area contributed by atoms with Gasteiger partial charge in [-0.2, -0.15) is 8.78 Å². The third-order valence-electron chi connectivity index (χ3n) is 2.92. The summed E-state index contributed by atoms with van der Waals surface area (Å²) in [6.45, 7) is 2.99. The third-order valence-corrected chi connectivity index (χ3v) is 3.71. The highest BCUT2D eigenvalue weighted by molar-refractivity contribution is 7.99. The van der Waals surface area contributed by atoms with Crippen molar-refractivity contribution in [2.75, 3.05) is 5.32 Å². The summed E-state index contributed by atoms with van der Waals surface area (Å²) in [5, 5.41) is 13.8. The number of aliphatic carboxylic acids is 1. The number of hydrogen-bond donors (Lipinski definition) is 3. The summed E-state index contributed by atoms with van der Waals surface area (Å²) >= 11 is 0.305. The summed E-state index contributed by atoms with van der Waals surface area (Å²) in [4.78, 5) is 23.2. The Kier molecular flexibility index (Phi) is 5.95. The molecule has 0 radical (unpaired) electrons. The van der Waals surface area contributed by atoms with Crippen LogP contribution in [0, 0.1) is 0 Å². The van der Waals surface area contributed by atoms with E-state index in [9.17, 15) is 18.4 Å². The van der Waals surface area contributed by atoms with Crippen molar-refractivity contribution >= 4 is 29.4 Å². The number of rotatable bonds is 6. The molecule has 0 aliphatic carbocycles. The molecular weight excluding hydrogens is 302 g/mol. The fourth-order valence-electron chi connectivity index (χ4n) is 1.47. The molecule has 0 saturated heterocycles. The number of anilines is 1. The number of thioether (sulfide) groups is 1. The van der Waals surface area contributed by atoms with Gasteiger partial charge in [0, 0.05) is 4.90 Å². The topological polar surface area (TPSA) is 78.4 Å². The third kappa shape index (κ3) is 4.89. The van der Waals surface area contributed by atoms with E-state index >= 15 is 0 Å². The number of para-hydroxylation sites is 1. The first kappa shape index (κ1) is 17.2. The normalized spacial score (nSPS) is 13.6. The predicted molar refractivity (Wildman–Crippen MR) is 76.8 cm³/mol. The van der Waals surface area contributed by atoms with Crippen LogP contribution in [0.3, 0.4) is 0 Å². The molecule has 1 unspecified atom stereocenters. The molecule has 2 amide bonds. The lowest BCUT2D eigenvalue weighted by atomic mass is 10.00. The van der Waals surface area contributed by atoms with Crippen molar-refractivity contribution in [3.63, 3.8) is 0 Å². The fourth-order valence-corrected chi connectivity index (χ4v) is 2.06. The van der Waals surface area contributed by atoms with Crippen LogP contribution in [0.2, 0.25) is 0 Å². The molecule has 5 nitrogen and oxygen atoms in total. The molecule has 0 aromatic heterocycles. The van der Waals surface area contributed by atoms with Gasteiger partial charge in [0.05, 0.1) is 5.69 Å². The molecule has 0 saturated carbocycles. The number of amides is 2. The number of carbonyl (C=O) groups excluding carboxylic acids is 1. The second-order valence-electron chi connectivity index (χ2n) is 4.44. The van der Waals surface area contributed by atoms with E-state index in [1.165, 1.54) is 19.1 Å². The van der Waals surface area contributed by atoms with Crippen LogP contribution in [0.4, 0.5) is 19.3 Å². The van der Waals surface area contributed by atoms with Crippen LogP contribution < -0.4 is 10.6 Å². The Morgan fingerprint density at radius 3 is 2.52 bits per heavy atom. The van der Waals surface area contributed by atoms with E-state index in [4.69, 9.17) is 5.11 Å². The van der Waals surface area contributed by atoms with E-state index < -0.39 is 23.3 Å². The van der Waals surface area contributed by atoms with Gasteiger partial charge in [-0.1, -0.05) is 30.8 Å². The van der Waals surface area contributed by atoms with Crippen molar-refractivity contribution in [2.24, 2.45) is 0 Å². The molecule has 0 fully saturated rings. The molecule has 0 bridgehead atoms. The molecule has 8 heteroatoms. The quantitative estimate of drug-likeness (QED) is 0.703. The maximum Gasteiger partial charge on any atom is 0.329 e. The van der Waals surface area contributed by atoms with E-state index in [0.717, 1.165) is 0 Å². The first-order valence-corrected chi connectivity index (χ1v) is 7.03. The lowest BCUT2D eigenvalue weighted by molar-refractivity contribution is -0.143. The lowest BCUT2D eigenvalue weighted by Gasteiger charge is -2.25. The first-order chi connectivity index (χ1) is 9.78. The second kappa shape index (κ2) is 7.26. The van der Waals surface area contributed by atoms with Crippen LogP contribution >= 0.6 is 11.8 Å². The van der Waals surface area contributed by atoms with Crippen molar-refractivity contribution in [3.8, 4) is 0 Å². The number of nitrogens with one attached hydrogen (secondary N) is 2. The van der Waals surface area contributed by atoms with Crippen LogP contribution in [-0.4, -0.2) is 28.4 Å². The van der Waals surface area contributed by atoms with Gasteiger partial charge in [-0.15, -0.1) is 0 Å². The second-order valence-corrected chi connectivity index (χ2v) is 5.48. The predicted octanol–water partition coefficient (Wildman–Crippen LogP) is 3.38. The minimum absolute atomic E-state index is 0.184. The van der Waals surface area contributed by atoms with Crippen molar-refractivity contribution in [1.29, 1.82) is 0 Å². The van der Waals surface area contributed by atoms with Gasteiger partial charge in [-0.25, -0.2) is 9.59 Å². The minimum Gasteiger partial charge on any atom is -0.480 e. The summed E-state index contributed by atoms with van der Waals surface area (Å²) in [6.07, 6.45) is 0.184. The van der Waals surface area contributed by atoms with Crippen molar-refractivity contribution in [3.05, 3.63) is 24.3 Å². The zero-order chi connectivity index (χ0) is 16.0. The van der Waals surface area contributed by atoms with Crippen LogP contribution in [0.5, 0.6) is 0 Å². The number of halogens is 2. The molecule has 0 aliphatic heterocycles. The number of carboxylic acid groups (broad SMARTS) is 1. The highest BCUT2D eigenvalue weighted by Gasteiger charge is 2.32. The van der Waals surface area contributed by atoms with Crippen molar-refractivity contribution < 1.29 is 23.5 Å². The van der Waals surface area contributed by atoms with Gasteiger partial charge in [-0.3, -0.25) is 0 Å². The average Bonchev–Trinajstić information content (AvgIpc) is 2.40. The summed E-state index contributed by atoms with van der Waals surface area (Å²) in [7, 11) is 0. The van der Waals surface area contributed by atoms with Crippen LogP contribution in [0.15, 0.2) is 29.2 Å². The van der Waals surface area contributed by atoms with E-state index in [1.807, 2.05) is 0 Å². The molecule has 1 rings (SSSR count). The maximum absolute atomic E-state index is 12.4. The fraction of sp³-hybridized carbons (Fsp3) is 0.385. The van der Waals surface area contributed by atoms with Gasteiger partial charge in [0.25, 0.3) is 5.76 Å². The Balaban J connectivity index is 2.82. The maximum atomic E-state index is 12.4. The minimum atomic E-state index is -2.61. The van der Waals surface area contributed by atoms with Gasteiger partial charge < -0.3 is 15.7 Å². The molecular formula is C13H16F2N2O3S. The van der Waals surface area contributed by atoms with Gasteiger partial charge in [0.1, 0.15) is 5.54 Å². The SMILES string of the molecule is CCC(C)(NC(=O)Nc1ccccc1SC(F)F)C(=O)O. The van der Waals surface area contributed by atoms with E-state index in [2.05, 4.69) is 10.6 Å². The van der Waals surface area contributed by atoms with E-state index in [1.54, 1.807) is 19.1 Å². The lowest BCUT2D eigenvalue weighted by Crippen LogP contribution is -2.53. The van der Waals surface area contributed by atoms with Crippen LogP contribution in [0.1, 0.15) is 20.3 Å². The summed E-state index contributed by atoms with van der Waals surface area (Å²) < 4.78 is 24.9. The van der Waals surface area contributed by atoms with E-state index in [-0.39, 0.29) is 17.0 Å².